The Balaban J connectivity index is 1.62. The smallest absolute Gasteiger partial charge is 0.278 e. The Bertz CT molecular complexity index is 1440. The molecular formula is C27H23N3O3. The quantitative estimate of drug-likeness (QED) is 0.425. The van der Waals surface area contributed by atoms with E-state index in [0.29, 0.717) is 24.5 Å². The molecular weight excluding hydrogens is 414 g/mol. The summed E-state index contributed by atoms with van der Waals surface area (Å²) in [5.41, 5.74) is 4.03. The highest BCUT2D eigenvalue weighted by Gasteiger charge is 2.18. The largest absolute Gasteiger partial charge is 0.508 e. The zero-order chi connectivity index (χ0) is 22.8. The number of fused-ring (bicyclic) bond motifs is 1. The van der Waals surface area contributed by atoms with E-state index in [-0.39, 0.29) is 11.3 Å². The molecule has 0 saturated carbocycles. The van der Waals surface area contributed by atoms with Crippen LogP contribution in [0, 0.1) is 0 Å². The third-order valence-electron chi connectivity index (χ3n) is 5.64. The normalized spacial score (nSPS) is 11.1. The molecule has 0 unspecified atom stereocenters. The molecule has 0 amide bonds. The summed E-state index contributed by atoms with van der Waals surface area (Å²) in [7, 11) is 1.62. The molecule has 2 heterocycles. The number of aromatic hydroxyl groups is 1. The minimum Gasteiger partial charge on any atom is -0.508 e. The Morgan fingerprint density at radius 2 is 1.70 bits per heavy atom. The summed E-state index contributed by atoms with van der Waals surface area (Å²) in [4.78, 5) is 17.9. The van der Waals surface area contributed by atoms with Crippen LogP contribution in [0.15, 0.2) is 96.1 Å². The average Bonchev–Trinajstić information content (AvgIpc) is 3.13. The van der Waals surface area contributed by atoms with Crippen LogP contribution in [-0.4, -0.2) is 26.3 Å². The minimum atomic E-state index is -0.152. The van der Waals surface area contributed by atoms with Gasteiger partial charge in [-0.3, -0.25) is 9.36 Å². The van der Waals surface area contributed by atoms with Crippen molar-refractivity contribution in [2.45, 2.75) is 13.0 Å². The number of rotatable bonds is 6. The molecule has 0 radical (unpaired) electrons. The van der Waals surface area contributed by atoms with Gasteiger partial charge >= 0.3 is 0 Å². The summed E-state index contributed by atoms with van der Waals surface area (Å²) in [5.74, 6) is 1.50. The summed E-state index contributed by atoms with van der Waals surface area (Å²) < 4.78 is 8.94. The zero-order valence-corrected chi connectivity index (χ0v) is 18.2. The van der Waals surface area contributed by atoms with Crippen molar-refractivity contribution in [1.82, 2.24) is 14.1 Å². The first-order valence-corrected chi connectivity index (χ1v) is 10.7. The lowest BCUT2D eigenvalue weighted by Crippen LogP contribution is -2.18. The molecule has 5 rings (SSSR count). The summed E-state index contributed by atoms with van der Waals surface area (Å²) >= 11 is 0. The molecule has 1 N–H and O–H groups in total. The van der Waals surface area contributed by atoms with Gasteiger partial charge in [0.1, 0.15) is 17.2 Å². The topological polar surface area (TPSA) is 69.3 Å². The van der Waals surface area contributed by atoms with E-state index in [1.807, 2.05) is 54.7 Å². The third-order valence-corrected chi connectivity index (χ3v) is 5.64. The SMILES string of the molecule is COc1cccc(Cc2nc3cn(Cc4ccccc4)c(-c4cccc(O)c4)cn-3c2=O)c1. The molecule has 0 saturated heterocycles. The van der Waals surface area contributed by atoms with Crippen molar-refractivity contribution in [2.24, 2.45) is 0 Å². The van der Waals surface area contributed by atoms with Crippen LogP contribution in [-0.2, 0) is 13.0 Å². The van der Waals surface area contributed by atoms with Gasteiger partial charge in [0.05, 0.1) is 12.8 Å². The highest BCUT2D eigenvalue weighted by atomic mass is 16.5. The molecule has 0 atom stereocenters. The van der Waals surface area contributed by atoms with Crippen molar-refractivity contribution in [2.75, 3.05) is 7.11 Å². The lowest BCUT2D eigenvalue weighted by Gasteiger charge is -2.17. The molecule has 0 aliphatic carbocycles. The number of benzene rings is 3. The number of ether oxygens (including phenoxy) is 1. The molecule has 2 aliphatic rings. The van der Waals surface area contributed by atoms with Crippen molar-refractivity contribution in [3.05, 3.63) is 118 Å². The second kappa shape index (κ2) is 8.67. The monoisotopic (exact) mass is 437 g/mol. The highest BCUT2D eigenvalue weighted by Crippen LogP contribution is 2.26. The maximum absolute atomic E-state index is 13.2. The van der Waals surface area contributed by atoms with Crippen molar-refractivity contribution < 1.29 is 9.84 Å². The molecule has 2 aliphatic heterocycles. The van der Waals surface area contributed by atoms with Crippen molar-refractivity contribution in [3.8, 4) is 28.6 Å². The second-order valence-electron chi connectivity index (χ2n) is 7.93. The van der Waals surface area contributed by atoms with E-state index < -0.39 is 0 Å². The number of nitrogens with zero attached hydrogens (tertiary/aromatic N) is 3. The molecule has 6 nitrogen and oxygen atoms in total. The van der Waals surface area contributed by atoms with Crippen LogP contribution in [0.25, 0.3) is 17.1 Å². The van der Waals surface area contributed by atoms with E-state index >= 15 is 0 Å². The van der Waals surface area contributed by atoms with Crippen LogP contribution in [0.1, 0.15) is 16.8 Å². The van der Waals surface area contributed by atoms with Crippen LogP contribution in [0.3, 0.4) is 0 Å². The fraction of sp³-hybridized carbons (Fsp3) is 0.111. The average molecular weight is 437 g/mol. The Kier molecular flexibility index (Phi) is 5.40. The predicted octanol–water partition coefficient (Wildman–Crippen LogP) is 4.49. The first kappa shape index (κ1) is 20.6. The molecule has 0 aromatic heterocycles. The van der Waals surface area contributed by atoms with E-state index in [1.165, 1.54) is 0 Å². The highest BCUT2D eigenvalue weighted by molar-refractivity contribution is 5.62. The van der Waals surface area contributed by atoms with Gasteiger partial charge in [0, 0.05) is 30.9 Å². The number of imidazole rings is 1. The van der Waals surface area contributed by atoms with Gasteiger partial charge in [-0.25, -0.2) is 4.98 Å². The van der Waals surface area contributed by atoms with Gasteiger partial charge in [-0.05, 0) is 35.4 Å². The van der Waals surface area contributed by atoms with E-state index in [1.54, 1.807) is 36.1 Å². The van der Waals surface area contributed by atoms with Gasteiger partial charge in [0.2, 0.25) is 0 Å². The summed E-state index contributed by atoms with van der Waals surface area (Å²) in [5, 5.41) is 10.0. The Morgan fingerprint density at radius 3 is 2.48 bits per heavy atom. The van der Waals surface area contributed by atoms with Crippen molar-refractivity contribution in [1.29, 1.82) is 0 Å². The van der Waals surface area contributed by atoms with Gasteiger partial charge in [0.25, 0.3) is 5.56 Å². The minimum absolute atomic E-state index is 0.152. The van der Waals surface area contributed by atoms with E-state index in [9.17, 15) is 9.90 Å². The van der Waals surface area contributed by atoms with E-state index in [4.69, 9.17) is 4.74 Å². The number of aromatic nitrogens is 3. The number of hydrogen-bond donors (Lipinski definition) is 1. The maximum atomic E-state index is 13.2. The number of phenolic OH excluding ortho intramolecular Hbond substituents is 1. The summed E-state index contributed by atoms with van der Waals surface area (Å²) in [6.07, 6.45) is 4.11. The van der Waals surface area contributed by atoms with Crippen LogP contribution in [0.5, 0.6) is 11.5 Å². The standard InChI is InChI=1S/C27H23N3O3/c1-33-23-12-5-9-20(13-23)14-24-27(32)30-17-25(21-10-6-11-22(31)15-21)29(18-26(30)28-24)16-19-7-3-2-4-8-19/h2-13,15,17-18,31H,14,16H2,1H3. The molecule has 3 aromatic rings. The number of hydrogen-bond acceptors (Lipinski definition) is 4. The van der Waals surface area contributed by atoms with E-state index in [0.717, 1.165) is 28.1 Å². The van der Waals surface area contributed by atoms with Gasteiger partial charge in [-0.2, -0.15) is 0 Å². The lowest BCUT2D eigenvalue weighted by atomic mass is 10.1. The molecule has 33 heavy (non-hydrogen) atoms. The van der Waals surface area contributed by atoms with Crippen LogP contribution >= 0.6 is 0 Å². The number of methoxy groups -OCH3 is 1. The first-order chi connectivity index (χ1) is 16.1. The Hall–Kier alpha value is -4.32. The predicted molar refractivity (Wildman–Crippen MR) is 127 cm³/mol. The number of phenols is 1. The van der Waals surface area contributed by atoms with Crippen LogP contribution in [0.2, 0.25) is 0 Å². The van der Waals surface area contributed by atoms with Crippen molar-refractivity contribution >= 4 is 0 Å². The van der Waals surface area contributed by atoms with Gasteiger partial charge in [-0.15, -0.1) is 0 Å². The molecule has 0 bridgehead atoms. The molecule has 164 valence electrons. The van der Waals surface area contributed by atoms with Crippen molar-refractivity contribution in [3.63, 3.8) is 0 Å². The van der Waals surface area contributed by atoms with Crippen LogP contribution in [0.4, 0.5) is 0 Å². The fourth-order valence-electron chi connectivity index (χ4n) is 4.01. The zero-order valence-electron chi connectivity index (χ0n) is 18.2. The van der Waals surface area contributed by atoms with Gasteiger partial charge < -0.3 is 14.4 Å². The Labute approximate surface area is 191 Å². The van der Waals surface area contributed by atoms with Crippen LogP contribution < -0.4 is 10.3 Å². The molecule has 6 heteroatoms. The molecule has 0 spiro atoms. The van der Waals surface area contributed by atoms with Gasteiger partial charge in [-0.1, -0.05) is 54.6 Å². The molecule has 3 aromatic carbocycles. The summed E-state index contributed by atoms with van der Waals surface area (Å²) in [6.45, 7) is 0.606. The maximum Gasteiger partial charge on any atom is 0.278 e. The molecule has 0 fully saturated rings. The third kappa shape index (κ3) is 4.23. The summed E-state index contributed by atoms with van der Waals surface area (Å²) in [6, 6.07) is 24.8. The second-order valence-corrected chi connectivity index (χ2v) is 7.93. The Morgan fingerprint density at radius 1 is 0.909 bits per heavy atom. The van der Waals surface area contributed by atoms with Gasteiger partial charge in [0.15, 0.2) is 5.82 Å². The fourth-order valence-corrected chi connectivity index (χ4v) is 4.01. The lowest BCUT2D eigenvalue weighted by molar-refractivity contribution is 0.414. The van der Waals surface area contributed by atoms with E-state index in [2.05, 4.69) is 21.7 Å². The first-order valence-electron chi connectivity index (χ1n) is 10.7.